The Labute approximate surface area is 111 Å². The number of hydrogen-bond donors (Lipinski definition) is 2. The van der Waals surface area contributed by atoms with Crippen molar-refractivity contribution in [3.05, 3.63) is 16.3 Å². The molecule has 2 aliphatic rings. The van der Waals surface area contributed by atoms with E-state index >= 15 is 0 Å². The molecule has 0 radical (unpaired) electrons. The number of likely N-dealkylation sites (tertiary alicyclic amines) is 2. The molecule has 3 rings (SSSR count). The number of hydrogen-bond acceptors (Lipinski definition) is 4. The Balaban J connectivity index is 1.62. The summed E-state index contributed by atoms with van der Waals surface area (Å²) in [7, 11) is 0. The van der Waals surface area contributed by atoms with Gasteiger partial charge in [0.1, 0.15) is 0 Å². The highest BCUT2D eigenvalue weighted by atomic mass is 16.2. The second-order valence-corrected chi connectivity index (χ2v) is 5.32. The van der Waals surface area contributed by atoms with Crippen LogP contribution in [0.15, 0.2) is 4.79 Å². The minimum absolute atomic E-state index is 0.115. The van der Waals surface area contributed by atoms with E-state index in [1.807, 2.05) is 0 Å². The van der Waals surface area contributed by atoms with Crippen LogP contribution in [0.3, 0.4) is 0 Å². The van der Waals surface area contributed by atoms with Crippen molar-refractivity contribution in [2.24, 2.45) is 0 Å². The molecule has 0 bridgehead atoms. The zero-order valence-electron chi connectivity index (χ0n) is 10.9. The number of aromatic amines is 2. The third-order valence-electron chi connectivity index (χ3n) is 4.06. The molecular weight excluding hydrogens is 246 g/mol. The molecule has 1 atom stereocenters. The van der Waals surface area contributed by atoms with Crippen molar-refractivity contribution in [3.63, 3.8) is 0 Å². The molecule has 0 saturated carbocycles. The highest BCUT2D eigenvalue weighted by Gasteiger charge is 2.32. The molecule has 1 amide bonds. The van der Waals surface area contributed by atoms with Gasteiger partial charge in [-0.15, -0.1) is 5.10 Å². The number of nitrogens with one attached hydrogen (secondary N) is 2. The van der Waals surface area contributed by atoms with Gasteiger partial charge in [0.2, 0.25) is 5.82 Å². The average molecular weight is 265 g/mol. The molecule has 19 heavy (non-hydrogen) atoms. The van der Waals surface area contributed by atoms with Crippen LogP contribution in [0.4, 0.5) is 0 Å². The standard InChI is InChI=1S/C12H19N5O2/c18-11(10-13-12(19)15-14-10)17-7-4-9(8-17)16-5-2-1-3-6-16/h9H,1-8H2,(H2,13,14,15,19). The summed E-state index contributed by atoms with van der Waals surface area (Å²) in [6.45, 7) is 3.78. The summed E-state index contributed by atoms with van der Waals surface area (Å²) in [6, 6.07) is 0.468. The fourth-order valence-electron chi connectivity index (χ4n) is 3.03. The number of piperidine rings is 1. The van der Waals surface area contributed by atoms with Gasteiger partial charge in [-0.25, -0.2) is 9.89 Å². The molecule has 1 aromatic rings. The Bertz CT molecular complexity index is 502. The quantitative estimate of drug-likeness (QED) is 0.775. The molecule has 2 saturated heterocycles. The third-order valence-corrected chi connectivity index (χ3v) is 4.06. The summed E-state index contributed by atoms with van der Waals surface area (Å²) >= 11 is 0. The van der Waals surface area contributed by atoms with Crippen molar-refractivity contribution in [1.82, 2.24) is 25.0 Å². The zero-order chi connectivity index (χ0) is 13.2. The van der Waals surface area contributed by atoms with E-state index in [0.717, 1.165) is 32.6 Å². The highest BCUT2D eigenvalue weighted by Crippen LogP contribution is 2.20. The van der Waals surface area contributed by atoms with E-state index in [-0.39, 0.29) is 11.7 Å². The Morgan fingerprint density at radius 3 is 2.68 bits per heavy atom. The van der Waals surface area contributed by atoms with Gasteiger partial charge in [-0.05, 0) is 32.4 Å². The monoisotopic (exact) mass is 265 g/mol. The highest BCUT2D eigenvalue weighted by molar-refractivity contribution is 5.90. The zero-order valence-corrected chi connectivity index (χ0v) is 10.9. The number of aromatic nitrogens is 3. The molecule has 7 heteroatoms. The van der Waals surface area contributed by atoms with E-state index < -0.39 is 5.69 Å². The molecule has 0 aromatic carbocycles. The van der Waals surface area contributed by atoms with Crippen molar-refractivity contribution >= 4 is 5.91 Å². The van der Waals surface area contributed by atoms with Crippen LogP contribution in [0.2, 0.25) is 0 Å². The van der Waals surface area contributed by atoms with Gasteiger partial charge in [-0.1, -0.05) is 6.42 Å². The summed E-state index contributed by atoms with van der Waals surface area (Å²) in [5.41, 5.74) is -0.435. The van der Waals surface area contributed by atoms with Crippen molar-refractivity contribution in [1.29, 1.82) is 0 Å². The maximum Gasteiger partial charge on any atom is 0.341 e. The number of H-pyrrole nitrogens is 2. The van der Waals surface area contributed by atoms with Gasteiger partial charge in [0.15, 0.2) is 0 Å². The smallest absolute Gasteiger partial charge is 0.334 e. The second-order valence-electron chi connectivity index (χ2n) is 5.32. The lowest BCUT2D eigenvalue weighted by molar-refractivity contribution is 0.0760. The van der Waals surface area contributed by atoms with Crippen LogP contribution >= 0.6 is 0 Å². The van der Waals surface area contributed by atoms with Crippen molar-refractivity contribution < 1.29 is 4.79 Å². The van der Waals surface area contributed by atoms with Crippen LogP contribution in [0.5, 0.6) is 0 Å². The summed E-state index contributed by atoms with van der Waals surface area (Å²) in [5, 5.41) is 5.93. The number of amides is 1. The molecular formula is C12H19N5O2. The first-order valence-corrected chi connectivity index (χ1v) is 6.92. The number of carbonyl (C=O) groups excluding carboxylic acids is 1. The largest absolute Gasteiger partial charge is 0.341 e. The van der Waals surface area contributed by atoms with E-state index in [9.17, 15) is 9.59 Å². The van der Waals surface area contributed by atoms with Crippen LogP contribution in [0, 0.1) is 0 Å². The van der Waals surface area contributed by atoms with Crippen LogP contribution in [0.25, 0.3) is 0 Å². The van der Waals surface area contributed by atoms with Crippen LogP contribution in [-0.2, 0) is 0 Å². The van der Waals surface area contributed by atoms with Gasteiger partial charge < -0.3 is 4.90 Å². The Morgan fingerprint density at radius 1 is 1.21 bits per heavy atom. The van der Waals surface area contributed by atoms with Crippen LogP contribution < -0.4 is 5.69 Å². The first kappa shape index (κ1) is 12.4. The van der Waals surface area contributed by atoms with E-state index in [0.29, 0.717) is 6.04 Å². The van der Waals surface area contributed by atoms with Crippen LogP contribution in [-0.4, -0.2) is 63.1 Å². The fraction of sp³-hybridized carbons (Fsp3) is 0.750. The lowest BCUT2D eigenvalue weighted by atomic mass is 10.1. The van der Waals surface area contributed by atoms with Gasteiger partial charge in [-0.2, -0.15) is 0 Å². The first-order valence-electron chi connectivity index (χ1n) is 6.92. The SMILES string of the molecule is O=C(c1n[nH]c(=O)[nH]1)N1CCC(N2CCCCC2)C1. The number of carbonyl (C=O) groups is 1. The van der Waals surface area contributed by atoms with Crippen molar-refractivity contribution in [2.45, 2.75) is 31.7 Å². The van der Waals surface area contributed by atoms with Gasteiger partial charge >= 0.3 is 5.69 Å². The molecule has 0 spiro atoms. The van der Waals surface area contributed by atoms with Gasteiger partial charge in [0.05, 0.1) is 0 Å². The van der Waals surface area contributed by atoms with Gasteiger partial charge in [0, 0.05) is 19.1 Å². The Kier molecular flexibility index (Phi) is 3.37. The molecule has 2 aliphatic heterocycles. The molecule has 1 aromatic heterocycles. The molecule has 2 N–H and O–H groups in total. The summed E-state index contributed by atoms with van der Waals surface area (Å²) in [6.07, 6.45) is 4.86. The minimum Gasteiger partial charge on any atom is -0.334 e. The fourth-order valence-corrected chi connectivity index (χ4v) is 3.03. The van der Waals surface area contributed by atoms with E-state index in [4.69, 9.17) is 0 Å². The summed E-state index contributed by atoms with van der Waals surface area (Å²) in [4.78, 5) is 29.8. The van der Waals surface area contributed by atoms with Crippen LogP contribution in [0.1, 0.15) is 36.3 Å². The molecule has 7 nitrogen and oxygen atoms in total. The van der Waals surface area contributed by atoms with Gasteiger partial charge in [-0.3, -0.25) is 14.7 Å². The Hall–Kier alpha value is -1.63. The maximum atomic E-state index is 12.1. The number of nitrogens with zero attached hydrogens (tertiary/aromatic N) is 3. The molecule has 3 heterocycles. The predicted octanol–water partition coefficient (Wildman–Crippen LogP) is -0.202. The second kappa shape index (κ2) is 5.16. The molecule has 1 unspecified atom stereocenters. The van der Waals surface area contributed by atoms with E-state index in [2.05, 4.69) is 20.1 Å². The van der Waals surface area contributed by atoms with Gasteiger partial charge in [0.25, 0.3) is 5.91 Å². The normalized spacial score (nSPS) is 24.8. The van der Waals surface area contributed by atoms with Crippen molar-refractivity contribution in [2.75, 3.05) is 26.2 Å². The topological polar surface area (TPSA) is 85.1 Å². The lowest BCUT2D eigenvalue weighted by Crippen LogP contribution is -2.41. The predicted molar refractivity (Wildman–Crippen MR) is 68.9 cm³/mol. The number of rotatable bonds is 2. The summed E-state index contributed by atoms with van der Waals surface area (Å²) in [5.74, 6) is -0.0675. The summed E-state index contributed by atoms with van der Waals surface area (Å²) < 4.78 is 0. The Morgan fingerprint density at radius 2 is 2.00 bits per heavy atom. The van der Waals surface area contributed by atoms with Crippen molar-refractivity contribution in [3.8, 4) is 0 Å². The van der Waals surface area contributed by atoms with E-state index in [1.165, 1.54) is 19.3 Å². The minimum atomic E-state index is -0.435. The molecule has 0 aliphatic carbocycles. The molecule has 2 fully saturated rings. The van der Waals surface area contributed by atoms with E-state index in [1.54, 1.807) is 4.90 Å². The lowest BCUT2D eigenvalue weighted by Gasteiger charge is -2.32. The first-order chi connectivity index (χ1) is 9.24. The average Bonchev–Trinajstić information content (AvgIpc) is 3.08. The third kappa shape index (κ3) is 2.56. The molecule has 104 valence electrons. The maximum absolute atomic E-state index is 12.1.